The number of carbonyl (C=O) groups is 4. The van der Waals surface area contributed by atoms with Crippen LogP contribution in [0.1, 0.15) is 41.4 Å². The molecule has 180 valence electrons. The van der Waals surface area contributed by atoms with Crippen molar-refractivity contribution in [3.8, 4) is 0 Å². The zero-order valence-corrected chi connectivity index (χ0v) is 20.3. The van der Waals surface area contributed by atoms with Gasteiger partial charge in [-0.1, -0.05) is 52.5 Å². The molecule has 5 aromatic carbocycles. The van der Waals surface area contributed by atoms with Crippen molar-refractivity contribution < 1.29 is 39.6 Å². The van der Waals surface area contributed by atoms with E-state index >= 15 is 0 Å². The van der Waals surface area contributed by atoms with Crippen molar-refractivity contribution in [3.63, 3.8) is 0 Å². The van der Waals surface area contributed by atoms with Crippen molar-refractivity contribution in [2.24, 2.45) is 0 Å². The third kappa shape index (κ3) is 3.02. The van der Waals surface area contributed by atoms with Crippen LogP contribution in [-0.4, -0.2) is 44.3 Å². The lowest BCUT2D eigenvalue weighted by molar-refractivity contribution is 0.0681. The maximum Gasteiger partial charge on any atom is 0.337 e. The van der Waals surface area contributed by atoms with E-state index in [0.717, 1.165) is 18.2 Å². The summed E-state index contributed by atoms with van der Waals surface area (Å²) in [5.41, 5.74) is -1.78. The maximum atomic E-state index is 12.2. The van der Waals surface area contributed by atoms with E-state index in [1.165, 1.54) is 6.07 Å². The molecule has 0 bridgehead atoms. The van der Waals surface area contributed by atoms with Gasteiger partial charge in [0.2, 0.25) is 0 Å². The molecule has 0 saturated carbocycles. The van der Waals surface area contributed by atoms with Gasteiger partial charge in [0.1, 0.15) is 0 Å². The normalized spacial score (nSPS) is 11.7. The molecule has 8 nitrogen and oxygen atoms in total. The second-order valence-electron chi connectivity index (χ2n) is 7.82. The first-order valence-corrected chi connectivity index (χ1v) is 11.3. The van der Waals surface area contributed by atoms with Crippen molar-refractivity contribution >= 4 is 113 Å². The molecule has 0 radical (unpaired) electrons. The Morgan fingerprint density at radius 3 is 1.53 bits per heavy atom. The standard InChI is InChI=1S/C24H8Cl4O8/c25-9-3-7(22(31)32)11-8(23(33)34)4-10(26)15-16(11)12(9)5-1-2-6(21(29)30)14-13(5)17(15)19(27)20(28)18(14)24(35)36/h1-4H,(H,29,30)(H,31,32)(H,33,34)(H,35,36). The van der Waals surface area contributed by atoms with Crippen molar-refractivity contribution in [3.05, 3.63) is 66.6 Å². The van der Waals surface area contributed by atoms with Crippen LogP contribution in [0.5, 0.6) is 0 Å². The van der Waals surface area contributed by atoms with E-state index in [0.29, 0.717) is 0 Å². The fourth-order valence-electron chi connectivity index (χ4n) is 4.80. The molecule has 4 N–H and O–H groups in total. The Labute approximate surface area is 219 Å². The first kappa shape index (κ1) is 24.1. The summed E-state index contributed by atoms with van der Waals surface area (Å²) in [5.74, 6) is -5.89. The molecule has 0 unspecified atom stereocenters. The second kappa shape index (κ2) is 7.97. The number of hydrogen-bond acceptors (Lipinski definition) is 4. The predicted molar refractivity (Wildman–Crippen MR) is 136 cm³/mol. The SMILES string of the molecule is O=C(O)c1ccc2c3c(Cl)cc(C(=O)O)c4c(C(=O)O)cc(Cl)c(c5c(Cl)c(Cl)c(C(=O)O)c1c25)c43. The van der Waals surface area contributed by atoms with E-state index in [-0.39, 0.29) is 63.7 Å². The lowest BCUT2D eigenvalue weighted by Crippen LogP contribution is -2.08. The van der Waals surface area contributed by atoms with Crippen LogP contribution in [0.2, 0.25) is 20.1 Å². The minimum atomic E-state index is -1.54. The number of aromatic carboxylic acids is 4. The molecule has 0 aromatic heterocycles. The molecule has 5 aromatic rings. The third-order valence-corrected chi connectivity index (χ3v) is 7.52. The van der Waals surface area contributed by atoms with Crippen molar-refractivity contribution in [1.29, 1.82) is 0 Å². The molecule has 0 aliphatic carbocycles. The molecule has 0 amide bonds. The van der Waals surface area contributed by atoms with Gasteiger partial charge in [0, 0.05) is 47.7 Å². The molecule has 36 heavy (non-hydrogen) atoms. The molecular weight excluding hydrogens is 558 g/mol. The smallest absolute Gasteiger partial charge is 0.337 e. The monoisotopic (exact) mass is 564 g/mol. The van der Waals surface area contributed by atoms with Crippen LogP contribution < -0.4 is 0 Å². The van der Waals surface area contributed by atoms with Gasteiger partial charge in [0.25, 0.3) is 0 Å². The Morgan fingerprint density at radius 2 is 1.03 bits per heavy atom. The van der Waals surface area contributed by atoms with Crippen LogP contribution in [0.4, 0.5) is 0 Å². The van der Waals surface area contributed by atoms with Gasteiger partial charge in [-0.15, -0.1) is 0 Å². The van der Waals surface area contributed by atoms with Gasteiger partial charge in [0.05, 0.1) is 32.3 Å². The van der Waals surface area contributed by atoms with Crippen LogP contribution in [0.3, 0.4) is 0 Å². The number of halogens is 4. The predicted octanol–water partition coefficient (Wildman–Crippen LogP) is 7.14. The van der Waals surface area contributed by atoms with E-state index in [2.05, 4.69) is 0 Å². The lowest BCUT2D eigenvalue weighted by atomic mass is 9.84. The first-order chi connectivity index (χ1) is 16.9. The molecule has 0 spiro atoms. The summed E-state index contributed by atoms with van der Waals surface area (Å²) in [6, 6.07) is 4.63. The maximum absolute atomic E-state index is 12.2. The number of fused-ring (bicyclic) bond motifs is 2. The molecule has 0 saturated heterocycles. The Balaban J connectivity index is 2.32. The van der Waals surface area contributed by atoms with Crippen molar-refractivity contribution in [2.75, 3.05) is 0 Å². The zero-order valence-electron chi connectivity index (χ0n) is 17.2. The molecule has 0 heterocycles. The van der Waals surface area contributed by atoms with Crippen molar-refractivity contribution in [2.45, 2.75) is 0 Å². The van der Waals surface area contributed by atoms with Crippen LogP contribution in [0, 0.1) is 0 Å². The van der Waals surface area contributed by atoms with Gasteiger partial charge < -0.3 is 20.4 Å². The summed E-state index contributed by atoms with van der Waals surface area (Å²) in [7, 11) is 0. The highest BCUT2D eigenvalue weighted by Gasteiger charge is 2.31. The number of carboxylic acid groups (broad SMARTS) is 4. The summed E-state index contributed by atoms with van der Waals surface area (Å²) in [6.07, 6.45) is 0. The summed E-state index contributed by atoms with van der Waals surface area (Å²) < 4.78 is 0. The van der Waals surface area contributed by atoms with Gasteiger partial charge in [-0.3, -0.25) is 0 Å². The Kier molecular flexibility index (Phi) is 5.35. The first-order valence-electron chi connectivity index (χ1n) is 9.78. The Bertz CT molecular complexity index is 1870. The molecular formula is C24H8Cl4O8. The highest BCUT2D eigenvalue weighted by molar-refractivity contribution is 6.56. The third-order valence-electron chi connectivity index (χ3n) is 6.07. The van der Waals surface area contributed by atoms with Gasteiger partial charge in [-0.05, 0) is 23.6 Å². The fraction of sp³-hybridized carbons (Fsp3) is 0. The summed E-state index contributed by atoms with van der Waals surface area (Å²) >= 11 is 26.0. The van der Waals surface area contributed by atoms with E-state index < -0.39 is 45.6 Å². The number of carboxylic acids is 4. The highest BCUT2D eigenvalue weighted by Crippen LogP contribution is 2.52. The Hall–Kier alpha value is -3.56. The molecule has 0 aliphatic heterocycles. The van der Waals surface area contributed by atoms with E-state index in [1.807, 2.05) is 0 Å². The van der Waals surface area contributed by atoms with Gasteiger partial charge in [-0.2, -0.15) is 0 Å². The van der Waals surface area contributed by atoms with Gasteiger partial charge in [0.15, 0.2) is 0 Å². The summed E-state index contributed by atoms with van der Waals surface area (Å²) in [5, 5.41) is 38.4. The quantitative estimate of drug-likeness (QED) is 0.132. The van der Waals surface area contributed by atoms with Crippen LogP contribution >= 0.6 is 46.4 Å². The average molecular weight is 566 g/mol. The average Bonchev–Trinajstić information content (AvgIpc) is 2.79. The minimum Gasteiger partial charge on any atom is -0.478 e. The molecule has 12 heteroatoms. The van der Waals surface area contributed by atoms with E-state index in [1.54, 1.807) is 0 Å². The summed E-state index contributed by atoms with van der Waals surface area (Å²) in [4.78, 5) is 48.4. The molecule has 0 aliphatic rings. The Morgan fingerprint density at radius 1 is 0.500 bits per heavy atom. The molecule has 0 atom stereocenters. The largest absolute Gasteiger partial charge is 0.478 e. The minimum absolute atomic E-state index is 0.0258. The highest BCUT2D eigenvalue weighted by atomic mass is 35.5. The van der Waals surface area contributed by atoms with Crippen LogP contribution in [0.25, 0.3) is 43.1 Å². The van der Waals surface area contributed by atoms with Crippen LogP contribution in [0.15, 0.2) is 24.3 Å². The molecule has 0 fully saturated rings. The number of hydrogen-bond donors (Lipinski definition) is 4. The fourth-order valence-corrected chi connectivity index (χ4v) is 5.96. The van der Waals surface area contributed by atoms with E-state index in [4.69, 9.17) is 46.4 Å². The number of benzene rings is 5. The summed E-state index contributed by atoms with van der Waals surface area (Å²) in [6.45, 7) is 0. The van der Waals surface area contributed by atoms with Gasteiger partial charge in [-0.25, -0.2) is 19.2 Å². The van der Waals surface area contributed by atoms with E-state index in [9.17, 15) is 39.6 Å². The molecule has 5 rings (SSSR count). The number of rotatable bonds is 4. The lowest BCUT2D eigenvalue weighted by Gasteiger charge is -2.22. The van der Waals surface area contributed by atoms with Gasteiger partial charge >= 0.3 is 23.9 Å². The van der Waals surface area contributed by atoms with Crippen molar-refractivity contribution in [1.82, 2.24) is 0 Å². The topological polar surface area (TPSA) is 149 Å². The second-order valence-corrected chi connectivity index (χ2v) is 9.39. The zero-order chi connectivity index (χ0) is 26.4. The van der Waals surface area contributed by atoms with Crippen LogP contribution in [-0.2, 0) is 0 Å².